The van der Waals surface area contributed by atoms with Crippen molar-refractivity contribution in [2.24, 2.45) is 28.9 Å². The van der Waals surface area contributed by atoms with Crippen molar-refractivity contribution in [2.75, 3.05) is 13.1 Å². The van der Waals surface area contributed by atoms with Crippen molar-refractivity contribution >= 4 is 0 Å². The molecule has 1 saturated heterocycles. The summed E-state index contributed by atoms with van der Waals surface area (Å²) in [5.41, 5.74) is 6.87. The van der Waals surface area contributed by atoms with E-state index in [2.05, 4.69) is 25.7 Å². The maximum Gasteiger partial charge on any atom is 0.00957 e. The number of hydrogen-bond donors (Lipinski definition) is 1. The zero-order chi connectivity index (χ0) is 14.3. The van der Waals surface area contributed by atoms with Gasteiger partial charge in [-0.1, -0.05) is 27.2 Å². The molecule has 0 aromatic carbocycles. The highest BCUT2D eigenvalue weighted by molar-refractivity contribution is 4.96. The van der Waals surface area contributed by atoms with Crippen molar-refractivity contribution in [1.82, 2.24) is 4.90 Å². The monoisotopic (exact) mass is 278 g/mol. The Bertz CT molecular complexity index is 325. The van der Waals surface area contributed by atoms with Crippen LogP contribution in [0.15, 0.2) is 0 Å². The quantitative estimate of drug-likeness (QED) is 0.793. The second-order valence-corrected chi connectivity index (χ2v) is 8.84. The summed E-state index contributed by atoms with van der Waals surface area (Å²) in [5, 5.41) is 0. The number of likely N-dealkylation sites (tertiary alicyclic amines) is 1. The molecular weight excluding hydrogens is 244 g/mol. The summed E-state index contributed by atoms with van der Waals surface area (Å²) in [6, 6.07) is 1.36. The molecule has 2 N–H and O–H groups in total. The minimum atomic E-state index is 0.490. The average molecular weight is 278 g/mol. The van der Waals surface area contributed by atoms with Gasteiger partial charge >= 0.3 is 0 Å². The first-order valence-electron chi connectivity index (χ1n) is 8.95. The molecule has 3 fully saturated rings. The Morgan fingerprint density at radius 1 is 0.900 bits per heavy atom. The topological polar surface area (TPSA) is 29.3 Å². The van der Waals surface area contributed by atoms with Crippen LogP contribution in [-0.2, 0) is 0 Å². The summed E-state index contributed by atoms with van der Waals surface area (Å²) in [4.78, 5) is 2.82. The van der Waals surface area contributed by atoms with E-state index in [-0.39, 0.29) is 0 Å². The first-order chi connectivity index (χ1) is 9.45. The molecule has 20 heavy (non-hydrogen) atoms. The molecule has 3 rings (SSSR count). The summed E-state index contributed by atoms with van der Waals surface area (Å²) < 4.78 is 0. The van der Waals surface area contributed by atoms with E-state index in [4.69, 9.17) is 5.73 Å². The molecule has 3 unspecified atom stereocenters. The number of fused-ring (bicyclic) bond motifs is 1. The second-order valence-electron chi connectivity index (χ2n) is 8.84. The molecule has 0 aromatic rings. The van der Waals surface area contributed by atoms with Gasteiger partial charge in [0.25, 0.3) is 0 Å². The van der Waals surface area contributed by atoms with Crippen LogP contribution in [0.1, 0.15) is 65.7 Å². The third kappa shape index (κ3) is 2.92. The Morgan fingerprint density at radius 2 is 1.60 bits per heavy atom. The zero-order valence-corrected chi connectivity index (χ0v) is 13.8. The lowest BCUT2D eigenvalue weighted by Crippen LogP contribution is -2.40. The van der Waals surface area contributed by atoms with Crippen LogP contribution in [0.3, 0.4) is 0 Å². The molecule has 3 aliphatic rings. The maximum absolute atomic E-state index is 6.36. The largest absolute Gasteiger partial charge is 0.327 e. The normalized spacial score (nSPS) is 43.5. The van der Waals surface area contributed by atoms with Gasteiger partial charge < -0.3 is 5.73 Å². The van der Waals surface area contributed by atoms with Crippen LogP contribution >= 0.6 is 0 Å². The minimum absolute atomic E-state index is 0.490. The van der Waals surface area contributed by atoms with Crippen molar-refractivity contribution in [3.63, 3.8) is 0 Å². The van der Waals surface area contributed by atoms with Gasteiger partial charge in [0.15, 0.2) is 0 Å². The highest BCUT2D eigenvalue weighted by Gasteiger charge is 2.42. The summed E-state index contributed by atoms with van der Waals surface area (Å²) in [6.07, 6.45) is 9.80. The molecule has 0 amide bonds. The van der Waals surface area contributed by atoms with Crippen LogP contribution < -0.4 is 5.73 Å². The molecule has 2 nitrogen and oxygen atoms in total. The van der Waals surface area contributed by atoms with Gasteiger partial charge in [-0.3, -0.25) is 4.90 Å². The van der Waals surface area contributed by atoms with E-state index in [1.807, 2.05) is 0 Å². The minimum Gasteiger partial charge on any atom is -0.327 e. The lowest BCUT2D eigenvalue weighted by atomic mass is 9.71. The number of nitrogens with two attached hydrogens (primary N) is 1. The van der Waals surface area contributed by atoms with Crippen molar-refractivity contribution in [2.45, 2.75) is 77.8 Å². The molecule has 1 aliphatic heterocycles. The summed E-state index contributed by atoms with van der Waals surface area (Å²) in [7, 11) is 0. The third-order valence-corrected chi connectivity index (χ3v) is 6.62. The molecule has 0 bridgehead atoms. The molecule has 0 spiro atoms. The highest BCUT2D eigenvalue weighted by Crippen LogP contribution is 2.42. The smallest absolute Gasteiger partial charge is 0.00957 e. The van der Waals surface area contributed by atoms with E-state index in [0.29, 0.717) is 11.5 Å². The maximum atomic E-state index is 6.36. The first-order valence-corrected chi connectivity index (χ1v) is 8.95. The fourth-order valence-electron chi connectivity index (χ4n) is 5.16. The fraction of sp³-hybridized carbons (Fsp3) is 1.00. The van der Waals surface area contributed by atoms with Gasteiger partial charge in [0.05, 0.1) is 0 Å². The molecule has 0 radical (unpaired) electrons. The molecule has 0 aromatic heterocycles. The summed E-state index contributed by atoms with van der Waals surface area (Å²) >= 11 is 0. The van der Waals surface area contributed by atoms with Gasteiger partial charge in [-0.15, -0.1) is 0 Å². The van der Waals surface area contributed by atoms with E-state index in [1.165, 1.54) is 58.0 Å². The van der Waals surface area contributed by atoms with Crippen molar-refractivity contribution in [3.05, 3.63) is 0 Å². The van der Waals surface area contributed by atoms with Crippen molar-refractivity contribution in [1.29, 1.82) is 0 Å². The lowest BCUT2D eigenvalue weighted by molar-refractivity contribution is 0.107. The summed E-state index contributed by atoms with van der Waals surface area (Å²) in [6.45, 7) is 9.91. The van der Waals surface area contributed by atoms with Crippen molar-refractivity contribution < 1.29 is 0 Å². The van der Waals surface area contributed by atoms with Crippen molar-refractivity contribution in [3.8, 4) is 0 Å². The van der Waals surface area contributed by atoms with Gasteiger partial charge in [-0.05, 0) is 61.7 Å². The second kappa shape index (κ2) is 5.61. The lowest BCUT2D eigenvalue weighted by Gasteiger charge is -2.40. The molecular formula is C18H34N2. The number of nitrogens with zero attached hydrogens (tertiary/aromatic N) is 1. The highest BCUT2D eigenvalue weighted by atomic mass is 15.2. The zero-order valence-electron chi connectivity index (χ0n) is 13.8. The van der Waals surface area contributed by atoms with Gasteiger partial charge in [-0.25, -0.2) is 0 Å². The van der Waals surface area contributed by atoms with Crippen LogP contribution in [0.2, 0.25) is 0 Å². The Morgan fingerprint density at radius 3 is 2.20 bits per heavy atom. The Hall–Kier alpha value is -0.0800. The molecule has 1 heterocycles. The molecule has 3 atom stereocenters. The fourth-order valence-corrected chi connectivity index (χ4v) is 5.16. The van der Waals surface area contributed by atoms with Gasteiger partial charge in [0, 0.05) is 25.2 Å². The predicted molar refractivity (Wildman–Crippen MR) is 85.6 cm³/mol. The van der Waals surface area contributed by atoms with E-state index >= 15 is 0 Å². The van der Waals surface area contributed by atoms with E-state index in [1.54, 1.807) is 0 Å². The van der Waals surface area contributed by atoms with Gasteiger partial charge in [-0.2, -0.15) is 0 Å². The molecule has 2 saturated carbocycles. The summed E-state index contributed by atoms with van der Waals surface area (Å²) in [5.74, 6) is 2.66. The van der Waals surface area contributed by atoms with E-state index in [0.717, 1.165) is 23.8 Å². The van der Waals surface area contributed by atoms with Crippen LogP contribution in [-0.4, -0.2) is 30.1 Å². The predicted octanol–water partition coefficient (Wildman–Crippen LogP) is 3.65. The Kier molecular flexibility index (Phi) is 4.16. The standard InChI is InChI=1S/C18H34N2/c1-18(2,3)14-7-9-15(10-8-14)20-11-13-5-4-6-17(19)16(13)12-20/h13-17H,4-12,19H2,1-3H3. The number of hydrogen-bond acceptors (Lipinski definition) is 2. The molecule has 116 valence electrons. The van der Waals surface area contributed by atoms with Gasteiger partial charge in [0.2, 0.25) is 0 Å². The van der Waals surface area contributed by atoms with Gasteiger partial charge in [0.1, 0.15) is 0 Å². The van der Waals surface area contributed by atoms with E-state index < -0.39 is 0 Å². The third-order valence-electron chi connectivity index (χ3n) is 6.62. The Balaban J connectivity index is 1.55. The van der Waals surface area contributed by atoms with Crippen LogP contribution in [0.4, 0.5) is 0 Å². The number of rotatable bonds is 1. The van der Waals surface area contributed by atoms with Crippen LogP contribution in [0.25, 0.3) is 0 Å². The average Bonchev–Trinajstić information content (AvgIpc) is 2.83. The van der Waals surface area contributed by atoms with E-state index in [9.17, 15) is 0 Å². The van der Waals surface area contributed by atoms with Crippen LogP contribution in [0.5, 0.6) is 0 Å². The Labute approximate surface area is 125 Å². The SMILES string of the molecule is CC(C)(C)C1CCC(N2CC3CCCC(N)C3C2)CC1. The molecule has 2 heteroatoms. The molecule has 2 aliphatic carbocycles. The first kappa shape index (κ1) is 14.8. The van der Waals surface area contributed by atoms with Crippen LogP contribution in [0, 0.1) is 23.2 Å².